The summed E-state index contributed by atoms with van der Waals surface area (Å²) in [6.07, 6.45) is 0. The molecule has 18 heavy (non-hydrogen) atoms. The zero-order valence-electron chi connectivity index (χ0n) is 9.27. The van der Waals surface area contributed by atoms with E-state index < -0.39 is 5.03 Å². The molecule has 8 heteroatoms. The predicted octanol–water partition coefficient (Wildman–Crippen LogP) is 1.95. The number of hydrogen-bond acceptors (Lipinski definition) is 2. The summed E-state index contributed by atoms with van der Waals surface area (Å²) in [6, 6.07) is 5.19. The van der Waals surface area contributed by atoms with Crippen LogP contribution in [0.15, 0.2) is 23.3 Å². The van der Waals surface area contributed by atoms with Crippen LogP contribution >= 0.6 is 23.2 Å². The van der Waals surface area contributed by atoms with Gasteiger partial charge in [0.15, 0.2) is 5.03 Å². The van der Waals surface area contributed by atoms with E-state index in [-0.39, 0.29) is 5.96 Å². The van der Waals surface area contributed by atoms with Crippen LogP contribution in [0.5, 0.6) is 0 Å². The first-order valence-corrected chi connectivity index (χ1v) is 5.97. The molecule has 1 heterocycles. The Morgan fingerprint density at radius 2 is 2.06 bits per heavy atom. The van der Waals surface area contributed by atoms with E-state index in [1.807, 2.05) is 0 Å². The fourth-order valence-electron chi connectivity index (χ4n) is 1.77. The molecule has 0 bridgehead atoms. The minimum absolute atomic E-state index is 0.260. The SMILES string of the molecule is O=[N+]([O-])/N=C1\NCCN1Cc1cc(Cl)cc(Cl)c1. The molecule has 6 nitrogen and oxygen atoms in total. The molecular formula is C10H10Cl2N4O2. The summed E-state index contributed by atoms with van der Waals surface area (Å²) < 4.78 is 0. The van der Waals surface area contributed by atoms with Crippen LogP contribution in [-0.4, -0.2) is 29.0 Å². The van der Waals surface area contributed by atoms with Gasteiger partial charge in [-0.2, -0.15) is 0 Å². The second kappa shape index (κ2) is 5.41. The van der Waals surface area contributed by atoms with Crippen molar-refractivity contribution in [2.75, 3.05) is 13.1 Å². The fourth-order valence-corrected chi connectivity index (χ4v) is 2.34. The normalized spacial score (nSPS) is 17.0. The van der Waals surface area contributed by atoms with Crippen LogP contribution in [0.2, 0.25) is 10.0 Å². The maximum absolute atomic E-state index is 10.4. The van der Waals surface area contributed by atoms with Crippen molar-refractivity contribution in [1.82, 2.24) is 10.2 Å². The highest BCUT2D eigenvalue weighted by Crippen LogP contribution is 2.20. The largest absolute Gasteiger partial charge is 0.349 e. The quantitative estimate of drug-likeness (QED) is 0.682. The molecule has 1 aliphatic rings. The van der Waals surface area contributed by atoms with Crippen molar-refractivity contribution in [3.8, 4) is 0 Å². The maximum Gasteiger partial charge on any atom is 0.271 e. The lowest BCUT2D eigenvalue weighted by molar-refractivity contribution is -0.485. The summed E-state index contributed by atoms with van der Waals surface area (Å²) in [7, 11) is 0. The standard InChI is InChI=1S/C10H10Cl2N4O2/c11-8-3-7(4-9(12)5-8)6-15-2-1-13-10(15)14-16(17)18/h3-5H,1-2,6H2,(H,13,14). The smallest absolute Gasteiger partial charge is 0.271 e. The first-order chi connectivity index (χ1) is 8.54. The Balaban J connectivity index is 2.15. The number of hydrazone groups is 1. The van der Waals surface area contributed by atoms with Crippen LogP contribution in [0, 0.1) is 10.1 Å². The average Bonchev–Trinajstić information content (AvgIpc) is 2.63. The van der Waals surface area contributed by atoms with Gasteiger partial charge in [-0.15, -0.1) is 0 Å². The molecule has 0 unspecified atom stereocenters. The number of benzene rings is 1. The number of halogens is 2. The zero-order chi connectivity index (χ0) is 13.1. The third kappa shape index (κ3) is 3.24. The highest BCUT2D eigenvalue weighted by molar-refractivity contribution is 6.34. The number of nitro groups is 1. The first-order valence-electron chi connectivity index (χ1n) is 5.21. The topological polar surface area (TPSA) is 70.8 Å². The van der Waals surface area contributed by atoms with Crippen molar-refractivity contribution >= 4 is 29.2 Å². The molecule has 96 valence electrons. The van der Waals surface area contributed by atoms with Gasteiger partial charge in [-0.05, 0) is 23.8 Å². The van der Waals surface area contributed by atoms with Gasteiger partial charge in [0.25, 0.3) is 5.96 Å². The molecule has 0 saturated carbocycles. The second-order valence-electron chi connectivity index (χ2n) is 3.79. The Hall–Kier alpha value is -1.53. The summed E-state index contributed by atoms with van der Waals surface area (Å²) in [5.74, 6) is 0.260. The molecule has 1 aromatic carbocycles. The van der Waals surface area contributed by atoms with Gasteiger partial charge in [0.1, 0.15) is 5.10 Å². The van der Waals surface area contributed by atoms with Crippen molar-refractivity contribution in [2.45, 2.75) is 6.54 Å². The Bertz CT molecular complexity index is 486. The number of rotatable bonds is 3. The van der Waals surface area contributed by atoms with E-state index >= 15 is 0 Å². The van der Waals surface area contributed by atoms with E-state index in [4.69, 9.17) is 23.2 Å². The van der Waals surface area contributed by atoms with Crippen molar-refractivity contribution < 1.29 is 5.03 Å². The molecule has 1 fully saturated rings. The number of nitrogens with zero attached hydrogens (tertiary/aromatic N) is 3. The monoisotopic (exact) mass is 288 g/mol. The van der Waals surface area contributed by atoms with E-state index in [0.29, 0.717) is 29.7 Å². The van der Waals surface area contributed by atoms with Crippen LogP contribution in [-0.2, 0) is 6.54 Å². The molecule has 1 saturated heterocycles. The first kappa shape index (κ1) is 12.9. The van der Waals surface area contributed by atoms with Crippen LogP contribution in [0.3, 0.4) is 0 Å². The van der Waals surface area contributed by atoms with Crippen molar-refractivity contribution in [2.24, 2.45) is 5.10 Å². The number of nitrogens with one attached hydrogen (secondary N) is 1. The van der Waals surface area contributed by atoms with Gasteiger partial charge in [0.05, 0.1) is 0 Å². The Kier molecular flexibility index (Phi) is 3.88. The van der Waals surface area contributed by atoms with E-state index in [1.165, 1.54) is 0 Å². The highest BCUT2D eigenvalue weighted by atomic mass is 35.5. The summed E-state index contributed by atoms with van der Waals surface area (Å²) in [6.45, 7) is 1.75. The van der Waals surface area contributed by atoms with Gasteiger partial charge in [-0.25, -0.2) is 10.1 Å². The molecule has 1 N–H and O–H groups in total. The average molecular weight is 289 g/mol. The molecule has 1 aliphatic heterocycles. The summed E-state index contributed by atoms with van der Waals surface area (Å²) >= 11 is 11.8. The number of guanidine groups is 1. The van der Waals surface area contributed by atoms with Gasteiger partial charge < -0.3 is 10.2 Å². The van der Waals surface area contributed by atoms with Gasteiger partial charge >= 0.3 is 0 Å². The Morgan fingerprint density at radius 3 is 2.67 bits per heavy atom. The summed E-state index contributed by atoms with van der Waals surface area (Å²) in [5.41, 5.74) is 0.882. The molecule has 0 aliphatic carbocycles. The molecule has 0 amide bonds. The Morgan fingerprint density at radius 1 is 1.39 bits per heavy atom. The van der Waals surface area contributed by atoms with E-state index in [2.05, 4.69) is 10.4 Å². The van der Waals surface area contributed by atoms with Gasteiger partial charge in [-0.1, -0.05) is 23.2 Å². The third-order valence-corrected chi connectivity index (χ3v) is 2.87. The summed E-state index contributed by atoms with van der Waals surface area (Å²) in [5, 5.41) is 16.9. The second-order valence-corrected chi connectivity index (χ2v) is 4.66. The summed E-state index contributed by atoms with van der Waals surface area (Å²) in [4.78, 5) is 12.1. The van der Waals surface area contributed by atoms with Crippen molar-refractivity contribution in [3.63, 3.8) is 0 Å². The van der Waals surface area contributed by atoms with Crippen LogP contribution < -0.4 is 5.32 Å². The van der Waals surface area contributed by atoms with E-state index in [1.54, 1.807) is 23.1 Å². The minimum atomic E-state index is -0.717. The molecule has 0 atom stereocenters. The molecule has 2 rings (SSSR count). The number of hydrogen-bond donors (Lipinski definition) is 1. The molecule has 0 spiro atoms. The zero-order valence-corrected chi connectivity index (χ0v) is 10.8. The van der Waals surface area contributed by atoms with Gasteiger partial charge in [-0.3, -0.25) is 0 Å². The molecular weight excluding hydrogens is 279 g/mol. The van der Waals surface area contributed by atoms with Crippen LogP contribution in [0.4, 0.5) is 0 Å². The Labute approximate surface area is 113 Å². The maximum atomic E-state index is 10.4. The lowest BCUT2D eigenvalue weighted by Crippen LogP contribution is -2.30. The van der Waals surface area contributed by atoms with E-state index in [9.17, 15) is 10.1 Å². The van der Waals surface area contributed by atoms with E-state index in [0.717, 1.165) is 5.56 Å². The van der Waals surface area contributed by atoms with Crippen LogP contribution in [0.1, 0.15) is 5.56 Å². The lowest BCUT2D eigenvalue weighted by Gasteiger charge is -2.15. The van der Waals surface area contributed by atoms with Crippen LogP contribution in [0.25, 0.3) is 0 Å². The van der Waals surface area contributed by atoms with Gasteiger partial charge in [0, 0.05) is 29.7 Å². The third-order valence-electron chi connectivity index (χ3n) is 2.44. The minimum Gasteiger partial charge on any atom is -0.349 e. The van der Waals surface area contributed by atoms with Crippen molar-refractivity contribution in [3.05, 3.63) is 43.9 Å². The lowest BCUT2D eigenvalue weighted by atomic mass is 10.2. The highest BCUT2D eigenvalue weighted by Gasteiger charge is 2.21. The molecule has 0 radical (unpaired) electrons. The molecule has 1 aromatic rings. The predicted molar refractivity (Wildman–Crippen MR) is 69.3 cm³/mol. The molecule has 0 aromatic heterocycles. The van der Waals surface area contributed by atoms with Gasteiger partial charge in [0.2, 0.25) is 0 Å². The fraction of sp³-hybridized carbons (Fsp3) is 0.300. The van der Waals surface area contributed by atoms with Crippen molar-refractivity contribution in [1.29, 1.82) is 0 Å².